The fourth-order valence-electron chi connectivity index (χ4n) is 4.97. The number of halogens is 2. The SMILES string of the molecule is CCOC(=O)C1=C(c2ccccc2)N=c2s/c(=C\c3cc(Br)cc(I)c3OC(C)C)c(=O)n2[C@@H]1c1ccc(OC)c(OC)c1. The predicted molar refractivity (Wildman–Crippen MR) is 183 cm³/mol. The van der Waals surface area contributed by atoms with Crippen LogP contribution in [0.2, 0.25) is 0 Å². The summed E-state index contributed by atoms with van der Waals surface area (Å²) in [5, 5.41) is 0. The quantitative estimate of drug-likeness (QED) is 0.151. The fraction of sp³-hybridized carbons (Fsp3) is 0.242. The molecule has 0 fully saturated rings. The average molecular weight is 789 g/mol. The van der Waals surface area contributed by atoms with Gasteiger partial charge >= 0.3 is 5.97 Å². The van der Waals surface area contributed by atoms with Crippen LogP contribution in [0.15, 0.2) is 80.5 Å². The summed E-state index contributed by atoms with van der Waals surface area (Å²) in [6.07, 6.45) is 1.75. The Morgan fingerprint density at radius 2 is 1.82 bits per heavy atom. The van der Waals surface area contributed by atoms with Gasteiger partial charge in [-0.2, -0.15) is 0 Å². The molecular formula is C33H30BrIN2O6S. The first-order valence-corrected chi connectivity index (χ1v) is 16.5. The standard InChI is InChI=1S/C33H30BrIN2O6S/c1-6-42-32(39)27-28(19-10-8-7-9-11-19)36-33-37(29(27)20-12-13-24(40-4)25(15-20)41-5)31(38)26(44-33)16-21-14-22(34)17-23(35)30(21)43-18(2)3/h7-18,29H,6H2,1-5H3/b26-16-/t29-/m1/s1. The van der Waals surface area contributed by atoms with Gasteiger partial charge < -0.3 is 18.9 Å². The first-order chi connectivity index (χ1) is 21.2. The molecule has 0 amide bonds. The van der Waals surface area contributed by atoms with Crippen molar-refractivity contribution in [2.45, 2.75) is 32.9 Å². The van der Waals surface area contributed by atoms with Crippen LogP contribution in [0.1, 0.15) is 43.5 Å². The first kappa shape index (κ1) is 32.0. The van der Waals surface area contributed by atoms with Crippen LogP contribution in [0.5, 0.6) is 17.2 Å². The Kier molecular flexibility index (Phi) is 9.96. The number of hydrogen-bond acceptors (Lipinski definition) is 8. The second-order valence-electron chi connectivity index (χ2n) is 10.0. The third kappa shape index (κ3) is 6.36. The second kappa shape index (κ2) is 13.7. The lowest BCUT2D eigenvalue weighted by molar-refractivity contribution is -0.138. The van der Waals surface area contributed by atoms with E-state index in [0.717, 1.165) is 19.2 Å². The molecule has 8 nitrogen and oxygen atoms in total. The highest BCUT2D eigenvalue weighted by atomic mass is 127. The van der Waals surface area contributed by atoms with Crippen LogP contribution in [0.25, 0.3) is 11.8 Å². The summed E-state index contributed by atoms with van der Waals surface area (Å²) in [4.78, 5) is 33.5. The van der Waals surface area contributed by atoms with Gasteiger partial charge in [0.2, 0.25) is 0 Å². The number of aromatic nitrogens is 1. The molecule has 4 aromatic rings. The topological polar surface area (TPSA) is 88.4 Å². The Morgan fingerprint density at radius 1 is 1.09 bits per heavy atom. The fourth-order valence-corrected chi connectivity index (χ4v) is 7.64. The monoisotopic (exact) mass is 788 g/mol. The van der Waals surface area contributed by atoms with Gasteiger partial charge in [-0.25, -0.2) is 9.79 Å². The van der Waals surface area contributed by atoms with Crippen molar-refractivity contribution in [3.63, 3.8) is 0 Å². The van der Waals surface area contributed by atoms with Gasteiger partial charge in [-0.3, -0.25) is 9.36 Å². The largest absolute Gasteiger partial charge is 0.493 e. The Balaban J connectivity index is 1.85. The van der Waals surface area contributed by atoms with E-state index in [4.69, 9.17) is 23.9 Å². The summed E-state index contributed by atoms with van der Waals surface area (Å²) in [7, 11) is 3.10. The molecule has 1 aromatic heterocycles. The van der Waals surface area contributed by atoms with Crippen LogP contribution in [0.3, 0.4) is 0 Å². The van der Waals surface area contributed by atoms with E-state index < -0.39 is 12.0 Å². The zero-order valence-corrected chi connectivity index (χ0v) is 29.3. The molecule has 44 heavy (non-hydrogen) atoms. The maximum absolute atomic E-state index is 14.3. The lowest BCUT2D eigenvalue weighted by atomic mass is 9.93. The maximum Gasteiger partial charge on any atom is 0.338 e. The molecule has 0 unspecified atom stereocenters. The summed E-state index contributed by atoms with van der Waals surface area (Å²) in [5.74, 6) is 1.12. The Labute approximate surface area is 280 Å². The van der Waals surface area contributed by atoms with E-state index in [9.17, 15) is 9.59 Å². The number of carbonyl (C=O) groups excluding carboxylic acids is 1. The zero-order valence-electron chi connectivity index (χ0n) is 24.7. The minimum atomic E-state index is -0.850. The number of thiazole rings is 1. The van der Waals surface area contributed by atoms with E-state index in [0.29, 0.717) is 37.8 Å². The number of methoxy groups -OCH3 is 2. The van der Waals surface area contributed by atoms with Crippen molar-refractivity contribution >= 4 is 67.6 Å². The third-order valence-corrected chi connectivity index (χ3v) is 9.02. The third-order valence-electron chi connectivity index (χ3n) is 6.77. The Hall–Kier alpha value is -3.42. The summed E-state index contributed by atoms with van der Waals surface area (Å²) in [6, 6.07) is 17.8. The van der Waals surface area contributed by atoms with Crippen molar-refractivity contribution in [2.24, 2.45) is 4.99 Å². The van der Waals surface area contributed by atoms with Gasteiger partial charge in [0.15, 0.2) is 16.3 Å². The molecule has 0 spiro atoms. The van der Waals surface area contributed by atoms with Gasteiger partial charge in [0.25, 0.3) is 5.56 Å². The molecule has 0 N–H and O–H groups in total. The molecule has 0 aliphatic carbocycles. The molecule has 11 heteroatoms. The van der Waals surface area contributed by atoms with Gasteiger partial charge in [-0.05, 0) is 79.3 Å². The zero-order chi connectivity index (χ0) is 31.5. The number of carbonyl (C=O) groups is 1. The number of nitrogens with zero attached hydrogens (tertiary/aromatic N) is 2. The van der Waals surface area contributed by atoms with E-state index in [1.54, 1.807) is 37.8 Å². The van der Waals surface area contributed by atoms with Crippen LogP contribution in [-0.2, 0) is 9.53 Å². The molecule has 1 aliphatic rings. The number of rotatable bonds is 9. The Bertz CT molecular complexity index is 1930. The summed E-state index contributed by atoms with van der Waals surface area (Å²) >= 11 is 7.06. The molecular weight excluding hydrogens is 759 g/mol. The van der Waals surface area contributed by atoms with Gasteiger partial charge in [0.05, 0.1) is 52.3 Å². The average Bonchev–Trinajstić information content (AvgIpc) is 3.32. The van der Waals surface area contributed by atoms with Crippen LogP contribution in [0.4, 0.5) is 0 Å². The van der Waals surface area contributed by atoms with Gasteiger partial charge in [-0.15, -0.1) is 0 Å². The number of hydrogen-bond donors (Lipinski definition) is 0. The van der Waals surface area contributed by atoms with Gasteiger partial charge in [-0.1, -0.05) is 63.7 Å². The first-order valence-electron chi connectivity index (χ1n) is 13.8. The molecule has 0 saturated carbocycles. The lowest BCUT2D eigenvalue weighted by Gasteiger charge is -2.26. The van der Waals surface area contributed by atoms with E-state index in [1.807, 2.05) is 68.5 Å². The molecule has 5 rings (SSSR count). The van der Waals surface area contributed by atoms with E-state index in [-0.39, 0.29) is 23.8 Å². The predicted octanol–water partition coefficient (Wildman–Crippen LogP) is 6.11. The lowest BCUT2D eigenvalue weighted by Crippen LogP contribution is -2.40. The van der Waals surface area contributed by atoms with E-state index >= 15 is 0 Å². The summed E-state index contributed by atoms with van der Waals surface area (Å²) < 4.78 is 26.5. The molecule has 1 aliphatic heterocycles. The molecule has 0 radical (unpaired) electrons. The number of esters is 1. The Morgan fingerprint density at radius 3 is 2.48 bits per heavy atom. The van der Waals surface area contributed by atoms with Crippen molar-refractivity contribution in [2.75, 3.05) is 20.8 Å². The summed E-state index contributed by atoms with van der Waals surface area (Å²) in [6.45, 7) is 5.83. The second-order valence-corrected chi connectivity index (χ2v) is 13.1. The number of fused-ring (bicyclic) bond motifs is 1. The molecule has 2 heterocycles. The van der Waals surface area contributed by atoms with Crippen molar-refractivity contribution in [1.82, 2.24) is 4.57 Å². The maximum atomic E-state index is 14.3. The van der Waals surface area contributed by atoms with Crippen LogP contribution < -0.4 is 29.1 Å². The summed E-state index contributed by atoms with van der Waals surface area (Å²) in [5.41, 5.74) is 2.52. The van der Waals surface area contributed by atoms with Crippen molar-refractivity contribution in [3.05, 3.63) is 111 Å². The van der Waals surface area contributed by atoms with Crippen LogP contribution in [0, 0.1) is 3.57 Å². The highest BCUT2D eigenvalue weighted by Gasteiger charge is 2.35. The van der Waals surface area contributed by atoms with Crippen molar-refractivity contribution in [3.8, 4) is 17.2 Å². The molecule has 0 bridgehead atoms. The van der Waals surface area contributed by atoms with Gasteiger partial charge in [0.1, 0.15) is 5.75 Å². The molecule has 228 valence electrons. The minimum absolute atomic E-state index is 0.0660. The van der Waals surface area contributed by atoms with Crippen molar-refractivity contribution < 1.29 is 23.7 Å². The van der Waals surface area contributed by atoms with Crippen LogP contribution in [-0.4, -0.2) is 37.5 Å². The smallest absolute Gasteiger partial charge is 0.338 e. The molecule has 1 atom stereocenters. The van der Waals surface area contributed by atoms with Gasteiger partial charge in [0, 0.05) is 15.6 Å². The van der Waals surface area contributed by atoms with Crippen LogP contribution >= 0.6 is 49.9 Å². The normalized spacial score (nSPS) is 14.7. The highest BCUT2D eigenvalue weighted by molar-refractivity contribution is 14.1. The molecule has 3 aromatic carbocycles. The number of ether oxygens (including phenoxy) is 4. The van der Waals surface area contributed by atoms with Crippen molar-refractivity contribution in [1.29, 1.82) is 0 Å². The minimum Gasteiger partial charge on any atom is -0.493 e. The molecule has 0 saturated heterocycles. The van der Waals surface area contributed by atoms with E-state index in [2.05, 4.69) is 38.5 Å². The van der Waals surface area contributed by atoms with E-state index in [1.165, 1.54) is 11.3 Å². The highest BCUT2D eigenvalue weighted by Crippen LogP contribution is 2.38. The number of benzene rings is 3.